The number of benzene rings is 2. The average Bonchev–Trinajstić information content (AvgIpc) is 2.73. The number of methoxy groups -OCH3 is 1. The minimum Gasteiger partial charge on any atom is -0.508 e. The summed E-state index contributed by atoms with van der Waals surface area (Å²) in [5, 5.41) is 12.2. The highest BCUT2D eigenvalue weighted by atomic mass is 32.2. The number of hydrogen-bond acceptors (Lipinski definition) is 7. The fourth-order valence-electron chi connectivity index (χ4n) is 2.79. The smallest absolute Gasteiger partial charge is 0.255 e. The molecule has 0 saturated heterocycles. The summed E-state index contributed by atoms with van der Waals surface area (Å²) < 4.78 is 32.8. The predicted molar refractivity (Wildman–Crippen MR) is 116 cm³/mol. The number of sulfonamides is 1. The molecule has 3 aromatic rings. The number of amides is 1. The molecular weight excluding hydrogens is 420 g/mol. The highest BCUT2D eigenvalue weighted by Gasteiger charge is 2.22. The van der Waals surface area contributed by atoms with Gasteiger partial charge in [0.2, 0.25) is 10.0 Å². The molecule has 0 radical (unpaired) electrons. The second kappa shape index (κ2) is 9.11. The Morgan fingerprint density at radius 1 is 1.10 bits per heavy atom. The van der Waals surface area contributed by atoms with Crippen molar-refractivity contribution in [3.63, 3.8) is 0 Å². The second-order valence-corrected chi connectivity index (χ2v) is 8.62. The van der Waals surface area contributed by atoms with Gasteiger partial charge in [-0.2, -0.15) is 0 Å². The lowest BCUT2D eigenvalue weighted by molar-refractivity contribution is 0.102. The van der Waals surface area contributed by atoms with Crippen molar-refractivity contribution in [1.29, 1.82) is 0 Å². The largest absolute Gasteiger partial charge is 0.508 e. The summed E-state index contributed by atoms with van der Waals surface area (Å²) in [5.41, 5.74) is 1.08. The van der Waals surface area contributed by atoms with Crippen LogP contribution < -0.4 is 14.8 Å². The van der Waals surface area contributed by atoms with E-state index in [0.717, 1.165) is 0 Å². The lowest BCUT2D eigenvalue weighted by Gasteiger charge is -2.14. The summed E-state index contributed by atoms with van der Waals surface area (Å²) in [6, 6.07) is 10.3. The van der Waals surface area contributed by atoms with Crippen LogP contribution >= 0.6 is 0 Å². The number of nitrogens with zero attached hydrogens (tertiary/aromatic N) is 2. The molecule has 9 nitrogen and oxygen atoms in total. The molecule has 0 unspecified atom stereocenters. The SMILES string of the molecule is COc1ccc(C(=O)Nc2cnc(-c3cccc(O)c3)nc2)cc1S(=O)(=O)NC(C)C. The second-order valence-electron chi connectivity index (χ2n) is 6.94. The molecule has 0 aliphatic rings. The van der Waals surface area contributed by atoms with Crippen LogP contribution in [0.4, 0.5) is 5.69 Å². The summed E-state index contributed by atoms with van der Waals surface area (Å²) in [7, 11) is -2.52. The van der Waals surface area contributed by atoms with E-state index in [-0.39, 0.29) is 28.0 Å². The van der Waals surface area contributed by atoms with Gasteiger partial charge in [-0.15, -0.1) is 0 Å². The fourth-order valence-corrected chi connectivity index (χ4v) is 4.24. The van der Waals surface area contributed by atoms with E-state index in [2.05, 4.69) is 20.0 Å². The van der Waals surface area contributed by atoms with E-state index >= 15 is 0 Å². The standard InChI is InChI=1S/C21H22N4O5S/c1-13(2)25-31(28,29)19-10-15(7-8-18(19)30-3)21(27)24-16-11-22-20(23-12-16)14-5-4-6-17(26)9-14/h4-13,25-26H,1-3H3,(H,24,27). The molecule has 2 aromatic carbocycles. The number of hydrogen-bond donors (Lipinski definition) is 3. The van der Waals surface area contributed by atoms with Gasteiger partial charge in [0, 0.05) is 17.2 Å². The number of carbonyl (C=O) groups excluding carboxylic acids is 1. The van der Waals surface area contributed by atoms with Crippen molar-refractivity contribution in [2.45, 2.75) is 24.8 Å². The van der Waals surface area contributed by atoms with E-state index in [1.165, 1.54) is 49.8 Å². The lowest BCUT2D eigenvalue weighted by Crippen LogP contribution is -2.30. The van der Waals surface area contributed by atoms with Gasteiger partial charge in [0.15, 0.2) is 5.82 Å². The van der Waals surface area contributed by atoms with E-state index < -0.39 is 15.9 Å². The number of ether oxygens (including phenoxy) is 1. The highest BCUT2D eigenvalue weighted by Crippen LogP contribution is 2.26. The summed E-state index contributed by atoms with van der Waals surface area (Å²) >= 11 is 0. The zero-order valence-electron chi connectivity index (χ0n) is 17.2. The van der Waals surface area contributed by atoms with Crippen LogP contribution in [-0.2, 0) is 10.0 Å². The maximum absolute atomic E-state index is 12.7. The maximum atomic E-state index is 12.7. The first kappa shape index (κ1) is 22.2. The first-order valence-corrected chi connectivity index (χ1v) is 10.8. The normalized spacial score (nSPS) is 11.4. The van der Waals surface area contributed by atoms with Gasteiger partial charge in [-0.05, 0) is 44.2 Å². The van der Waals surface area contributed by atoms with Crippen LogP contribution in [0, 0.1) is 0 Å². The molecule has 31 heavy (non-hydrogen) atoms. The molecule has 0 atom stereocenters. The Morgan fingerprint density at radius 2 is 1.81 bits per heavy atom. The van der Waals surface area contributed by atoms with Gasteiger partial charge >= 0.3 is 0 Å². The number of phenolic OH excluding ortho intramolecular Hbond substituents is 1. The van der Waals surface area contributed by atoms with Crippen molar-refractivity contribution < 1.29 is 23.1 Å². The zero-order valence-corrected chi connectivity index (χ0v) is 18.0. The minimum atomic E-state index is -3.87. The summed E-state index contributed by atoms with van der Waals surface area (Å²) in [5.74, 6) is 0.0723. The van der Waals surface area contributed by atoms with E-state index in [1.807, 2.05) is 0 Å². The predicted octanol–water partition coefficient (Wildman–Crippen LogP) is 2.80. The number of carbonyl (C=O) groups is 1. The topological polar surface area (TPSA) is 131 Å². The number of aromatic hydroxyl groups is 1. The zero-order chi connectivity index (χ0) is 22.6. The van der Waals surface area contributed by atoms with Gasteiger partial charge in [0.1, 0.15) is 16.4 Å². The first-order chi connectivity index (χ1) is 14.7. The summed E-state index contributed by atoms with van der Waals surface area (Å²) in [6.45, 7) is 3.39. The molecule has 3 rings (SSSR count). The molecule has 162 valence electrons. The van der Waals surface area contributed by atoms with Crippen molar-refractivity contribution in [3.8, 4) is 22.9 Å². The molecule has 0 bridgehead atoms. The Kier molecular flexibility index (Phi) is 6.52. The maximum Gasteiger partial charge on any atom is 0.255 e. The van der Waals surface area contributed by atoms with Gasteiger partial charge in [-0.1, -0.05) is 12.1 Å². The third-order valence-corrected chi connectivity index (χ3v) is 5.80. The molecule has 1 amide bonds. The minimum absolute atomic E-state index is 0.0932. The molecule has 1 aromatic heterocycles. The molecule has 0 fully saturated rings. The molecule has 0 aliphatic heterocycles. The molecule has 10 heteroatoms. The number of phenols is 1. The first-order valence-electron chi connectivity index (χ1n) is 9.33. The Hall–Kier alpha value is -3.50. The molecule has 1 heterocycles. The van der Waals surface area contributed by atoms with Crippen molar-refractivity contribution in [2.24, 2.45) is 0 Å². The van der Waals surface area contributed by atoms with E-state index in [9.17, 15) is 18.3 Å². The van der Waals surface area contributed by atoms with Crippen LogP contribution in [-0.4, -0.2) is 42.6 Å². The fraction of sp³-hybridized carbons (Fsp3) is 0.190. The van der Waals surface area contributed by atoms with Gasteiger partial charge in [-0.3, -0.25) is 4.79 Å². The third-order valence-electron chi connectivity index (χ3n) is 4.12. The van der Waals surface area contributed by atoms with Gasteiger partial charge in [0.05, 0.1) is 25.2 Å². The van der Waals surface area contributed by atoms with Crippen molar-refractivity contribution in [2.75, 3.05) is 12.4 Å². The molecule has 0 saturated carbocycles. The number of aromatic nitrogens is 2. The molecule has 3 N–H and O–H groups in total. The lowest BCUT2D eigenvalue weighted by atomic mass is 10.2. The van der Waals surface area contributed by atoms with Gasteiger partial charge in [-0.25, -0.2) is 23.1 Å². The van der Waals surface area contributed by atoms with Crippen LogP contribution in [0.25, 0.3) is 11.4 Å². The third kappa shape index (κ3) is 5.36. The Labute approximate surface area is 180 Å². The number of anilines is 1. The van der Waals surface area contributed by atoms with Gasteiger partial charge < -0.3 is 15.2 Å². The highest BCUT2D eigenvalue weighted by molar-refractivity contribution is 7.89. The van der Waals surface area contributed by atoms with Crippen molar-refractivity contribution in [1.82, 2.24) is 14.7 Å². The van der Waals surface area contributed by atoms with Crippen LogP contribution in [0.2, 0.25) is 0 Å². The Balaban J connectivity index is 1.82. The number of rotatable bonds is 7. The van der Waals surface area contributed by atoms with Crippen LogP contribution in [0.5, 0.6) is 11.5 Å². The monoisotopic (exact) mass is 442 g/mol. The Morgan fingerprint density at radius 3 is 2.42 bits per heavy atom. The molecule has 0 aliphatic carbocycles. The van der Waals surface area contributed by atoms with Crippen molar-refractivity contribution in [3.05, 3.63) is 60.4 Å². The Bertz CT molecular complexity index is 1190. The number of nitrogens with one attached hydrogen (secondary N) is 2. The van der Waals surface area contributed by atoms with Crippen molar-refractivity contribution >= 4 is 21.6 Å². The van der Waals surface area contributed by atoms with E-state index in [4.69, 9.17) is 4.74 Å². The summed E-state index contributed by atoms with van der Waals surface area (Å²) in [4.78, 5) is 20.9. The van der Waals surface area contributed by atoms with Crippen LogP contribution in [0.1, 0.15) is 24.2 Å². The molecular formula is C21H22N4O5S. The van der Waals surface area contributed by atoms with Crippen LogP contribution in [0.15, 0.2) is 59.8 Å². The van der Waals surface area contributed by atoms with Crippen LogP contribution in [0.3, 0.4) is 0 Å². The van der Waals surface area contributed by atoms with Gasteiger partial charge in [0.25, 0.3) is 5.91 Å². The van der Waals surface area contributed by atoms with E-state index in [1.54, 1.807) is 26.0 Å². The average molecular weight is 442 g/mol. The quantitative estimate of drug-likeness (QED) is 0.513. The summed E-state index contributed by atoms with van der Waals surface area (Å²) in [6.07, 6.45) is 2.84. The van der Waals surface area contributed by atoms with E-state index in [0.29, 0.717) is 17.1 Å². The molecule has 0 spiro atoms.